The van der Waals surface area contributed by atoms with Gasteiger partial charge in [0.2, 0.25) is 11.8 Å². The monoisotopic (exact) mass is 446 g/mol. The van der Waals surface area contributed by atoms with Crippen LogP contribution in [0.4, 0.5) is 0 Å². The van der Waals surface area contributed by atoms with E-state index in [1.165, 1.54) is 0 Å². The van der Waals surface area contributed by atoms with Crippen LogP contribution in [0.5, 0.6) is 0 Å². The van der Waals surface area contributed by atoms with Crippen LogP contribution in [0.15, 0.2) is 54.6 Å². The lowest BCUT2D eigenvalue weighted by Gasteiger charge is -2.31. The summed E-state index contributed by atoms with van der Waals surface area (Å²) in [4.78, 5) is 27.8. The number of nitrogens with zero attached hydrogens (tertiary/aromatic N) is 1. The molecule has 0 heterocycles. The number of hydrogen-bond acceptors (Lipinski definition) is 3. The van der Waals surface area contributed by atoms with Crippen LogP contribution in [0.2, 0.25) is 5.02 Å². The second-order valence-electron chi connectivity index (χ2n) is 7.37. The fourth-order valence-corrected chi connectivity index (χ4v) is 4.06. The minimum Gasteiger partial charge on any atom is -0.352 e. The van der Waals surface area contributed by atoms with Crippen LogP contribution in [0.1, 0.15) is 44.7 Å². The topological polar surface area (TPSA) is 49.4 Å². The van der Waals surface area contributed by atoms with Crippen LogP contribution in [0, 0.1) is 0 Å². The van der Waals surface area contributed by atoms with Gasteiger partial charge in [-0.25, -0.2) is 0 Å². The molecule has 1 N–H and O–H groups in total. The fourth-order valence-electron chi connectivity index (χ4n) is 3.06. The van der Waals surface area contributed by atoms with E-state index in [9.17, 15) is 9.59 Å². The summed E-state index contributed by atoms with van der Waals surface area (Å²) in [6, 6.07) is 17.1. The zero-order chi connectivity index (χ0) is 21.9. The summed E-state index contributed by atoms with van der Waals surface area (Å²) in [6.07, 6.45) is 1.43. The molecule has 0 aliphatic carbocycles. The van der Waals surface area contributed by atoms with Crippen LogP contribution in [0.3, 0.4) is 0 Å². The van der Waals surface area contributed by atoms with Gasteiger partial charge in [-0.3, -0.25) is 9.59 Å². The number of thioether (sulfide) groups is 1. The lowest BCUT2D eigenvalue weighted by atomic mass is 10.1. The van der Waals surface area contributed by atoms with Crippen molar-refractivity contribution >= 4 is 35.2 Å². The van der Waals surface area contributed by atoms with Crippen molar-refractivity contribution in [2.24, 2.45) is 0 Å². The first-order valence-electron chi connectivity index (χ1n) is 10.4. The second kappa shape index (κ2) is 12.7. The van der Waals surface area contributed by atoms with Gasteiger partial charge >= 0.3 is 0 Å². The molecule has 2 rings (SSSR count). The molecule has 0 fully saturated rings. The zero-order valence-corrected chi connectivity index (χ0v) is 19.5. The summed E-state index contributed by atoms with van der Waals surface area (Å²) in [6.45, 7) is 6.39. The van der Waals surface area contributed by atoms with E-state index in [1.54, 1.807) is 16.7 Å². The molecule has 0 radical (unpaired) electrons. The Labute approximate surface area is 189 Å². The SMILES string of the molecule is CC[C@@H](C)NC(=O)[C@@H](CC)N(Cc1ccccc1)C(=O)CSCc1ccc(Cl)cc1. The minimum atomic E-state index is -0.483. The molecule has 0 spiro atoms. The van der Waals surface area contributed by atoms with Gasteiger partial charge in [-0.2, -0.15) is 0 Å². The Balaban J connectivity index is 2.09. The average molecular weight is 447 g/mol. The van der Waals surface area contributed by atoms with Gasteiger partial charge in [-0.15, -0.1) is 11.8 Å². The van der Waals surface area contributed by atoms with Gasteiger partial charge in [0.15, 0.2) is 0 Å². The highest BCUT2D eigenvalue weighted by atomic mass is 35.5. The number of carbonyl (C=O) groups is 2. The summed E-state index contributed by atoms with van der Waals surface area (Å²) >= 11 is 7.49. The molecule has 0 aliphatic heterocycles. The van der Waals surface area contributed by atoms with E-state index >= 15 is 0 Å². The van der Waals surface area contributed by atoms with Gasteiger partial charge < -0.3 is 10.2 Å². The molecule has 2 amide bonds. The van der Waals surface area contributed by atoms with Gasteiger partial charge in [-0.1, -0.05) is 67.9 Å². The van der Waals surface area contributed by atoms with Crippen LogP contribution in [-0.4, -0.2) is 34.6 Å². The first-order valence-corrected chi connectivity index (χ1v) is 11.9. The van der Waals surface area contributed by atoms with Crippen molar-refractivity contribution in [2.45, 2.75) is 58.0 Å². The predicted octanol–water partition coefficient (Wildman–Crippen LogP) is 5.30. The number of nitrogens with one attached hydrogen (secondary N) is 1. The van der Waals surface area contributed by atoms with E-state index in [-0.39, 0.29) is 17.9 Å². The molecule has 2 atom stereocenters. The Morgan fingerprint density at radius 3 is 2.27 bits per heavy atom. The molecule has 0 unspecified atom stereocenters. The van der Waals surface area contributed by atoms with Gasteiger partial charge in [-0.05, 0) is 43.0 Å². The third-order valence-electron chi connectivity index (χ3n) is 4.99. The van der Waals surface area contributed by atoms with Crippen molar-refractivity contribution in [3.63, 3.8) is 0 Å². The average Bonchev–Trinajstić information content (AvgIpc) is 2.75. The molecule has 2 aromatic carbocycles. The maximum absolute atomic E-state index is 13.2. The summed E-state index contributed by atoms with van der Waals surface area (Å²) in [5.74, 6) is 0.934. The van der Waals surface area contributed by atoms with Crippen molar-refractivity contribution in [2.75, 3.05) is 5.75 Å². The summed E-state index contributed by atoms with van der Waals surface area (Å²) < 4.78 is 0. The summed E-state index contributed by atoms with van der Waals surface area (Å²) in [7, 11) is 0. The van der Waals surface area contributed by atoms with E-state index in [0.717, 1.165) is 23.3 Å². The minimum absolute atomic E-state index is 0.0241. The first kappa shape index (κ1) is 24.3. The van der Waals surface area contributed by atoms with Gasteiger partial charge in [0.1, 0.15) is 6.04 Å². The Kier molecular flexibility index (Phi) is 10.2. The van der Waals surface area contributed by atoms with E-state index in [4.69, 9.17) is 11.6 Å². The smallest absolute Gasteiger partial charge is 0.243 e. The Morgan fingerprint density at radius 2 is 1.67 bits per heavy atom. The standard InChI is InChI=1S/C24H31ClN2O2S/c1-4-18(3)26-24(29)22(5-2)27(15-19-9-7-6-8-10-19)23(28)17-30-16-20-11-13-21(25)14-12-20/h6-14,18,22H,4-5,15-17H2,1-3H3,(H,26,29)/t18-,22-/m1/s1. The van der Waals surface area contributed by atoms with Crippen LogP contribution in [-0.2, 0) is 21.9 Å². The van der Waals surface area contributed by atoms with Crippen LogP contribution >= 0.6 is 23.4 Å². The lowest BCUT2D eigenvalue weighted by Crippen LogP contribution is -2.51. The number of amides is 2. The van der Waals surface area contributed by atoms with E-state index in [1.807, 2.05) is 75.4 Å². The van der Waals surface area contributed by atoms with Crippen molar-refractivity contribution in [1.29, 1.82) is 0 Å². The Morgan fingerprint density at radius 1 is 1.00 bits per heavy atom. The van der Waals surface area contributed by atoms with Crippen LogP contribution in [0.25, 0.3) is 0 Å². The fraction of sp³-hybridized carbons (Fsp3) is 0.417. The summed E-state index contributed by atoms with van der Waals surface area (Å²) in [5.41, 5.74) is 2.14. The molecule has 0 saturated carbocycles. The number of hydrogen-bond donors (Lipinski definition) is 1. The Hall–Kier alpha value is -1.98. The van der Waals surface area contributed by atoms with Crippen LogP contribution < -0.4 is 5.32 Å². The molecular formula is C24H31ClN2O2S. The molecule has 4 nitrogen and oxygen atoms in total. The molecule has 2 aromatic rings. The first-order chi connectivity index (χ1) is 14.4. The predicted molar refractivity (Wildman–Crippen MR) is 127 cm³/mol. The van der Waals surface area contributed by atoms with Crippen molar-refractivity contribution < 1.29 is 9.59 Å². The quantitative estimate of drug-likeness (QED) is 0.509. The van der Waals surface area contributed by atoms with Gasteiger partial charge in [0.25, 0.3) is 0 Å². The number of halogens is 1. The Bertz CT molecular complexity index is 799. The third kappa shape index (κ3) is 7.69. The van der Waals surface area contributed by atoms with E-state index < -0.39 is 6.04 Å². The molecule has 0 aromatic heterocycles. The molecule has 162 valence electrons. The van der Waals surface area contributed by atoms with E-state index in [0.29, 0.717) is 23.7 Å². The molecule has 30 heavy (non-hydrogen) atoms. The van der Waals surface area contributed by atoms with Crippen molar-refractivity contribution in [3.8, 4) is 0 Å². The number of carbonyl (C=O) groups excluding carboxylic acids is 2. The highest BCUT2D eigenvalue weighted by Crippen LogP contribution is 2.18. The second-order valence-corrected chi connectivity index (χ2v) is 8.79. The highest BCUT2D eigenvalue weighted by Gasteiger charge is 2.29. The van der Waals surface area contributed by atoms with E-state index in [2.05, 4.69) is 5.32 Å². The highest BCUT2D eigenvalue weighted by molar-refractivity contribution is 7.99. The maximum atomic E-state index is 13.2. The normalized spacial score (nSPS) is 12.8. The lowest BCUT2D eigenvalue weighted by molar-refractivity contribution is -0.139. The summed E-state index contributed by atoms with van der Waals surface area (Å²) in [5, 5.41) is 3.74. The number of rotatable bonds is 11. The molecule has 0 bridgehead atoms. The molecule has 6 heteroatoms. The molecule has 0 aliphatic rings. The van der Waals surface area contributed by atoms with Crippen molar-refractivity contribution in [1.82, 2.24) is 10.2 Å². The molecule has 0 saturated heterocycles. The zero-order valence-electron chi connectivity index (χ0n) is 17.9. The third-order valence-corrected chi connectivity index (χ3v) is 6.23. The largest absolute Gasteiger partial charge is 0.352 e. The maximum Gasteiger partial charge on any atom is 0.243 e. The van der Waals surface area contributed by atoms with Gasteiger partial charge in [0.05, 0.1) is 5.75 Å². The molecular weight excluding hydrogens is 416 g/mol. The number of benzene rings is 2. The van der Waals surface area contributed by atoms with Crippen molar-refractivity contribution in [3.05, 3.63) is 70.7 Å². The van der Waals surface area contributed by atoms with Gasteiger partial charge in [0, 0.05) is 23.4 Å².